The highest BCUT2D eigenvalue weighted by molar-refractivity contribution is 4.61. The fourth-order valence-electron chi connectivity index (χ4n) is 0.949. The van der Waals surface area contributed by atoms with Crippen LogP contribution < -0.4 is 0 Å². The summed E-state index contributed by atoms with van der Waals surface area (Å²) in [5.41, 5.74) is -0.926. The van der Waals surface area contributed by atoms with E-state index in [9.17, 15) is 5.11 Å². The third-order valence-electron chi connectivity index (χ3n) is 1.59. The summed E-state index contributed by atoms with van der Waals surface area (Å²) in [4.78, 5) is 0. The molecule has 0 N–H and O–H groups in total. The van der Waals surface area contributed by atoms with Gasteiger partial charge >= 0.3 is 0 Å². The molecule has 0 aromatic rings. The Morgan fingerprint density at radius 1 is 1.17 bits per heavy atom. The van der Waals surface area contributed by atoms with Gasteiger partial charge in [0, 0.05) is 6.61 Å². The molecule has 0 rings (SSSR count). The summed E-state index contributed by atoms with van der Waals surface area (Å²) in [6.07, 6.45) is 4.82. The summed E-state index contributed by atoms with van der Waals surface area (Å²) in [6.45, 7) is 6.56. The van der Waals surface area contributed by atoms with Crippen LogP contribution in [0.25, 0.3) is 0 Å². The van der Waals surface area contributed by atoms with Crippen LogP contribution in [0.3, 0.4) is 0 Å². The standard InChI is InChI=1S/C10H21O2/c1-4-5-6-7-8-12-9-10(2,3)11/h4-9H2,1-3H3. The molecule has 0 aliphatic carbocycles. The predicted molar refractivity (Wildman–Crippen MR) is 49.7 cm³/mol. The number of hydrogen-bond acceptors (Lipinski definition) is 1. The second-order valence-corrected chi connectivity index (χ2v) is 3.87. The minimum Gasteiger partial charge on any atom is -0.378 e. The minimum absolute atomic E-state index is 0.332. The molecule has 0 unspecified atom stereocenters. The Labute approximate surface area is 75.9 Å². The second kappa shape index (κ2) is 6.44. The fraction of sp³-hybridized carbons (Fsp3) is 1.00. The first-order valence-electron chi connectivity index (χ1n) is 4.84. The summed E-state index contributed by atoms with van der Waals surface area (Å²) in [5.74, 6) is 0. The van der Waals surface area contributed by atoms with Crippen LogP contribution in [0.2, 0.25) is 0 Å². The molecule has 0 amide bonds. The van der Waals surface area contributed by atoms with Crippen molar-refractivity contribution in [1.82, 2.24) is 0 Å². The minimum atomic E-state index is -0.926. The van der Waals surface area contributed by atoms with E-state index in [1.54, 1.807) is 13.8 Å². The van der Waals surface area contributed by atoms with Gasteiger partial charge in [-0.1, -0.05) is 26.2 Å². The first-order chi connectivity index (χ1) is 5.56. The van der Waals surface area contributed by atoms with Crippen molar-refractivity contribution < 1.29 is 9.84 Å². The Morgan fingerprint density at radius 2 is 1.83 bits per heavy atom. The summed E-state index contributed by atoms with van der Waals surface area (Å²) < 4.78 is 5.23. The maximum absolute atomic E-state index is 11.1. The van der Waals surface area contributed by atoms with Gasteiger partial charge in [0.05, 0.1) is 6.61 Å². The molecule has 0 aliphatic rings. The predicted octanol–water partition coefficient (Wildman–Crippen LogP) is 2.79. The van der Waals surface area contributed by atoms with Crippen molar-refractivity contribution in [3.05, 3.63) is 0 Å². The quantitative estimate of drug-likeness (QED) is 0.544. The summed E-state index contributed by atoms with van der Waals surface area (Å²) in [6, 6.07) is 0. The Balaban J connectivity index is 3.01. The molecule has 73 valence electrons. The number of hydrogen-bond donors (Lipinski definition) is 0. The zero-order chi connectivity index (χ0) is 9.45. The van der Waals surface area contributed by atoms with Crippen LogP contribution in [0.1, 0.15) is 46.5 Å². The second-order valence-electron chi connectivity index (χ2n) is 3.87. The lowest BCUT2D eigenvalue weighted by atomic mass is 10.2. The topological polar surface area (TPSA) is 29.1 Å². The molecule has 0 aliphatic heterocycles. The summed E-state index contributed by atoms with van der Waals surface area (Å²) in [7, 11) is 0. The van der Waals surface area contributed by atoms with E-state index >= 15 is 0 Å². The average Bonchev–Trinajstić information content (AvgIpc) is 1.94. The van der Waals surface area contributed by atoms with Crippen LogP contribution in [-0.2, 0) is 9.84 Å². The normalized spacial score (nSPS) is 12.0. The average molecular weight is 173 g/mol. The Morgan fingerprint density at radius 3 is 2.33 bits per heavy atom. The van der Waals surface area contributed by atoms with Crippen molar-refractivity contribution in [2.45, 2.75) is 52.1 Å². The van der Waals surface area contributed by atoms with Gasteiger partial charge < -0.3 is 4.74 Å². The smallest absolute Gasteiger partial charge is 0.121 e. The van der Waals surface area contributed by atoms with E-state index < -0.39 is 5.60 Å². The SMILES string of the molecule is CCCCCCOCC(C)(C)[O]. The highest BCUT2D eigenvalue weighted by Crippen LogP contribution is 2.04. The van der Waals surface area contributed by atoms with Gasteiger partial charge in [-0.15, -0.1) is 0 Å². The monoisotopic (exact) mass is 173 g/mol. The lowest BCUT2D eigenvalue weighted by Crippen LogP contribution is -2.24. The van der Waals surface area contributed by atoms with Crippen molar-refractivity contribution in [2.75, 3.05) is 13.2 Å². The molecule has 0 aromatic heterocycles. The van der Waals surface area contributed by atoms with Crippen LogP contribution in [0.4, 0.5) is 0 Å². The van der Waals surface area contributed by atoms with Gasteiger partial charge in [-0.2, -0.15) is 0 Å². The number of unbranched alkanes of at least 4 members (excludes halogenated alkanes) is 3. The highest BCUT2D eigenvalue weighted by atomic mass is 16.5. The zero-order valence-electron chi connectivity index (χ0n) is 8.56. The lowest BCUT2D eigenvalue weighted by Gasteiger charge is -2.13. The van der Waals surface area contributed by atoms with Gasteiger partial charge in [-0.25, -0.2) is 5.11 Å². The van der Waals surface area contributed by atoms with E-state index in [4.69, 9.17) is 4.74 Å². The van der Waals surface area contributed by atoms with Crippen LogP contribution in [0.5, 0.6) is 0 Å². The largest absolute Gasteiger partial charge is 0.378 e. The van der Waals surface area contributed by atoms with Crippen LogP contribution in [0, 0.1) is 0 Å². The maximum atomic E-state index is 11.1. The van der Waals surface area contributed by atoms with E-state index in [0.717, 1.165) is 13.0 Å². The van der Waals surface area contributed by atoms with Crippen molar-refractivity contribution in [2.24, 2.45) is 0 Å². The molecule has 0 spiro atoms. The molecule has 12 heavy (non-hydrogen) atoms. The molecular formula is C10H21O2. The van der Waals surface area contributed by atoms with E-state index in [-0.39, 0.29) is 0 Å². The molecule has 2 heteroatoms. The zero-order valence-corrected chi connectivity index (χ0v) is 8.56. The number of ether oxygens (including phenoxy) is 1. The molecule has 0 fully saturated rings. The first-order valence-corrected chi connectivity index (χ1v) is 4.84. The maximum Gasteiger partial charge on any atom is 0.121 e. The highest BCUT2D eigenvalue weighted by Gasteiger charge is 2.14. The van der Waals surface area contributed by atoms with E-state index in [1.807, 2.05) is 0 Å². The first kappa shape index (κ1) is 11.9. The molecule has 0 saturated carbocycles. The summed E-state index contributed by atoms with van der Waals surface area (Å²) >= 11 is 0. The van der Waals surface area contributed by atoms with E-state index in [1.165, 1.54) is 19.3 Å². The van der Waals surface area contributed by atoms with Crippen molar-refractivity contribution in [1.29, 1.82) is 0 Å². The molecule has 2 nitrogen and oxygen atoms in total. The Bertz CT molecular complexity index is 94.5. The molecule has 1 radical (unpaired) electrons. The van der Waals surface area contributed by atoms with E-state index in [0.29, 0.717) is 6.61 Å². The Kier molecular flexibility index (Phi) is 6.39. The van der Waals surface area contributed by atoms with Crippen LogP contribution in [0.15, 0.2) is 0 Å². The third-order valence-corrected chi connectivity index (χ3v) is 1.59. The van der Waals surface area contributed by atoms with E-state index in [2.05, 4.69) is 6.92 Å². The molecule has 0 saturated heterocycles. The van der Waals surface area contributed by atoms with Crippen LogP contribution in [-0.4, -0.2) is 18.8 Å². The van der Waals surface area contributed by atoms with Crippen molar-refractivity contribution in [3.8, 4) is 0 Å². The van der Waals surface area contributed by atoms with Crippen molar-refractivity contribution in [3.63, 3.8) is 0 Å². The fourth-order valence-corrected chi connectivity index (χ4v) is 0.949. The molecule has 0 aromatic carbocycles. The molecule has 0 heterocycles. The molecular weight excluding hydrogens is 152 g/mol. The lowest BCUT2D eigenvalue weighted by molar-refractivity contribution is -0.0663. The number of rotatable bonds is 7. The van der Waals surface area contributed by atoms with Gasteiger partial charge in [-0.3, -0.25) is 0 Å². The molecule has 0 bridgehead atoms. The van der Waals surface area contributed by atoms with Gasteiger partial charge in [0.2, 0.25) is 0 Å². The van der Waals surface area contributed by atoms with Gasteiger partial charge in [-0.05, 0) is 20.3 Å². The van der Waals surface area contributed by atoms with Gasteiger partial charge in [0.25, 0.3) is 0 Å². The van der Waals surface area contributed by atoms with Crippen molar-refractivity contribution >= 4 is 0 Å². The summed E-state index contributed by atoms with van der Waals surface area (Å²) in [5, 5.41) is 11.1. The molecule has 0 atom stereocenters. The van der Waals surface area contributed by atoms with Gasteiger partial charge in [0.15, 0.2) is 0 Å². The Hall–Kier alpha value is -0.0800. The van der Waals surface area contributed by atoms with Gasteiger partial charge in [0.1, 0.15) is 5.60 Å². The van der Waals surface area contributed by atoms with Crippen LogP contribution >= 0.6 is 0 Å². The third kappa shape index (κ3) is 9.92.